The van der Waals surface area contributed by atoms with Gasteiger partial charge in [-0.3, -0.25) is 24.1 Å². The Bertz CT molecular complexity index is 769. The summed E-state index contributed by atoms with van der Waals surface area (Å²) < 4.78 is 0.753. The molecule has 0 N–H and O–H groups in total. The number of imide groups is 1. The maximum absolute atomic E-state index is 12.4. The van der Waals surface area contributed by atoms with Gasteiger partial charge in [-0.15, -0.1) is 0 Å². The second kappa shape index (κ2) is 7.70. The monoisotopic (exact) mass is 420 g/mol. The minimum absolute atomic E-state index is 0.0198. The second-order valence-corrected chi connectivity index (χ2v) is 7.74. The van der Waals surface area contributed by atoms with Crippen LogP contribution in [0.5, 0.6) is 0 Å². The summed E-state index contributed by atoms with van der Waals surface area (Å²) in [6.45, 7) is 3.04. The number of benzene rings is 1. The first kappa shape index (κ1) is 18.8. The van der Waals surface area contributed by atoms with E-state index in [2.05, 4.69) is 15.9 Å². The van der Waals surface area contributed by atoms with Crippen LogP contribution in [0, 0.1) is 5.92 Å². The highest BCUT2D eigenvalue weighted by molar-refractivity contribution is 9.10. The lowest BCUT2D eigenvalue weighted by molar-refractivity contribution is -0.134. The number of ketones is 1. The molecule has 1 saturated heterocycles. The van der Waals surface area contributed by atoms with E-state index in [-0.39, 0.29) is 36.0 Å². The molecule has 3 rings (SSSR count). The molecular formula is C19H21BrN2O4. The molecule has 0 bridgehead atoms. The van der Waals surface area contributed by atoms with Crippen LogP contribution in [0.3, 0.4) is 0 Å². The van der Waals surface area contributed by atoms with E-state index >= 15 is 0 Å². The molecule has 7 heteroatoms. The molecule has 0 unspecified atom stereocenters. The predicted molar refractivity (Wildman–Crippen MR) is 98.7 cm³/mol. The largest absolute Gasteiger partial charge is 0.343 e. The number of amides is 3. The number of carbonyl (C=O) groups is 4. The van der Waals surface area contributed by atoms with Crippen molar-refractivity contribution in [2.75, 3.05) is 19.6 Å². The fourth-order valence-electron chi connectivity index (χ4n) is 3.55. The van der Waals surface area contributed by atoms with Crippen molar-refractivity contribution in [1.29, 1.82) is 0 Å². The molecule has 6 nitrogen and oxygen atoms in total. The molecule has 2 aliphatic rings. The number of carbonyl (C=O) groups excluding carboxylic acids is 4. The highest BCUT2D eigenvalue weighted by Crippen LogP contribution is 2.26. The standard InChI is InChI=1S/C19H21BrN2O4/c1-12(23)13-6-9-21(10-7-13)17(24)3-2-8-22-18(25)15-5-4-14(20)11-16(15)19(22)26/h4-5,11,13H,2-3,6-10H2,1H3. The van der Waals surface area contributed by atoms with Gasteiger partial charge in [0.05, 0.1) is 11.1 Å². The van der Waals surface area contributed by atoms with Gasteiger partial charge in [-0.05, 0) is 44.4 Å². The van der Waals surface area contributed by atoms with E-state index in [1.807, 2.05) is 0 Å². The molecule has 2 aliphatic heterocycles. The van der Waals surface area contributed by atoms with Crippen molar-refractivity contribution in [3.05, 3.63) is 33.8 Å². The van der Waals surface area contributed by atoms with Crippen molar-refractivity contribution in [3.8, 4) is 0 Å². The zero-order chi connectivity index (χ0) is 18.8. The summed E-state index contributed by atoms with van der Waals surface area (Å²) in [5.74, 6) is -0.328. The highest BCUT2D eigenvalue weighted by atomic mass is 79.9. The molecule has 0 aliphatic carbocycles. The average molecular weight is 421 g/mol. The van der Waals surface area contributed by atoms with E-state index in [0.717, 1.165) is 4.47 Å². The van der Waals surface area contributed by atoms with E-state index in [1.54, 1.807) is 30.0 Å². The summed E-state index contributed by atoms with van der Waals surface area (Å²) in [5.41, 5.74) is 0.817. The van der Waals surface area contributed by atoms with Crippen molar-refractivity contribution in [2.24, 2.45) is 5.92 Å². The number of nitrogens with zero attached hydrogens (tertiary/aromatic N) is 2. The third kappa shape index (κ3) is 3.72. The van der Waals surface area contributed by atoms with E-state index in [9.17, 15) is 19.2 Å². The Balaban J connectivity index is 1.50. The SMILES string of the molecule is CC(=O)C1CCN(C(=O)CCCN2C(=O)c3ccc(Br)cc3C2=O)CC1. The molecule has 0 spiro atoms. The molecule has 0 radical (unpaired) electrons. The lowest BCUT2D eigenvalue weighted by atomic mass is 9.93. The molecule has 1 fully saturated rings. The average Bonchev–Trinajstić information content (AvgIpc) is 2.86. The van der Waals surface area contributed by atoms with Crippen molar-refractivity contribution in [1.82, 2.24) is 9.80 Å². The Hall–Kier alpha value is -2.02. The smallest absolute Gasteiger partial charge is 0.261 e. The van der Waals surface area contributed by atoms with Crippen LogP contribution in [0.2, 0.25) is 0 Å². The Kier molecular flexibility index (Phi) is 5.55. The summed E-state index contributed by atoms with van der Waals surface area (Å²) in [6.07, 6.45) is 2.17. The molecule has 0 saturated carbocycles. The zero-order valence-electron chi connectivity index (χ0n) is 14.7. The first-order valence-electron chi connectivity index (χ1n) is 8.82. The van der Waals surface area contributed by atoms with Crippen molar-refractivity contribution >= 4 is 39.4 Å². The quantitative estimate of drug-likeness (QED) is 0.686. The van der Waals surface area contributed by atoms with Crippen molar-refractivity contribution in [3.63, 3.8) is 0 Å². The first-order chi connectivity index (χ1) is 12.4. The minimum Gasteiger partial charge on any atom is -0.343 e. The van der Waals surface area contributed by atoms with Gasteiger partial charge in [0.1, 0.15) is 5.78 Å². The topological polar surface area (TPSA) is 74.8 Å². The summed E-state index contributed by atoms with van der Waals surface area (Å²) in [4.78, 5) is 51.5. The molecule has 3 amide bonds. The van der Waals surface area contributed by atoms with Gasteiger partial charge < -0.3 is 4.90 Å². The molecule has 26 heavy (non-hydrogen) atoms. The number of hydrogen-bond acceptors (Lipinski definition) is 4. The Morgan fingerprint density at radius 1 is 1.12 bits per heavy atom. The zero-order valence-corrected chi connectivity index (χ0v) is 16.3. The molecule has 1 aromatic carbocycles. The Morgan fingerprint density at radius 3 is 2.42 bits per heavy atom. The van der Waals surface area contributed by atoms with E-state index in [0.29, 0.717) is 49.9 Å². The second-order valence-electron chi connectivity index (χ2n) is 6.82. The van der Waals surface area contributed by atoms with Crippen molar-refractivity contribution in [2.45, 2.75) is 32.6 Å². The maximum Gasteiger partial charge on any atom is 0.261 e. The Morgan fingerprint density at radius 2 is 1.77 bits per heavy atom. The fourth-order valence-corrected chi connectivity index (χ4v) is 3.91. The number of rotatable bonds is 5. The van der Waals surface area contributed by atoms with Crippen LogP contribution in [-0.2, 0) is 9.59 Å². The van der Waals surface area contributed by atoms with Gasteiger partial charge >= 0.3 is 0 Å². The first-order valence-corrected chi connectivity index (χ1v) is 9.61. The van der Waals surface area contributed by atoms with Gasteiger partial charge in [0, 0.05) is 36.4 Å². The molecule has 1 aromatic rings. The maximum atomic E-state index is 12.4. The van der Waals surface area contributed by atoms with Crippen LogP contribution >= 0.6 is 15.9 Å². The van der Waals surface area contributed by atoms with Crippen LogP contribution in [0.4, 0.5) is 0 Å². The van der Waals surface area contributed by atoms with Crippen LogP contribution in [0.15, 0.2) is 22.7 Å². The summed E-state index contributed by atoms with van der Waals surface area (Å²) in [6, 6.07) is 5.03. The van der Waals surface area contributed by atoms with Gasteiger partial charge in [0.15, 0.2) is 0 Å². The molecular weight excluding hydrogens is 400 g/mol. The molecule has 138 valence electrons. The van der Waals surface area contributed by atoms with Crippen LogP contribution in [0.25, 0.3) is 0 Å². The van der Waals surface area contributed by atoms with E-state index < -0.39 is 0 Å². The minimum atomic E-state index is -0.305. The van der Waals surface area contributed by atoms with Crippen LogP contribution in [-0.4, -0.2) is 52.9 Å². The lowest BCUT2D eigenvalue weighted by Gasteiger charge is -2.31. The van der Waals surface area contributed by atoms with E-state index in [4.69, 9.17) is 0 Å². The number of likely N-dealkylation sites (tertiary alicyclic amines) is 1. The van der Waals surface area contributed by atoms with Gasteiger partial charge in [0.25, 0.3) is 11.8 Å². The summed E-state index contributed by atoms with van der Waals surface area (Å²) in [5, 5.41) is 0. The molecule has 2 heterocycles. The third-order valence-corrected chi connectivity index (χ3v) is 5.62. The van der Waals surface area contributed by atoms with Crippen molar-refractivity contribution < 1.29 is 19.2 Å². The number of halogens is 1. The summed E-state index contributed by atoms with van der Waals surface area (Å²) >= 11 is 3.31. The van der Waals surface area contributed by atoms with Gasteiger partial charge in [-0.2, -0.15) is 0 Å². The van der Waals surface area contributed by atoms with Crippen LogP contribution < -0.4 is 0 Å². The van der Waals surface area contributed by atoms with Gasteiger partial charge in [-0.25, -0.2) is 0 Å². The normalized spacial score (nSPS) is 17.6. The summed E-state index contributed by atoms with van der Waals surface area (Å²) in [7, 11) is 0. The molecule has 0 aromatic heterocycles. The predicted octanol–water partition coefficient (Wildman–Crippen LogP) is 2.65. The Labute approximate surface area is 160 Å². The third-order valence-electron chi connectivity index (χ3n) is 5.13. The van der Waals surface area contributed by atoms with Gasteiger partial charge in [-0.1, -0.05) is 15.9 Å². The fraction of sp³-hybridized carbons (Fsp3) is 0.474. The van der Waals surface area contributed by atoms with Crippen LogP contribution in [0.1, 0.15) is 53.3 Å². The number of Topliss-reactive ketones (excluding diaryl/α,β-unsaturated/α-hetero) is 1. The molecule has 0 atom stereocenters. The van der Waals surface area contributed by atoms with E-state index in [1.165, 1.54) is 4.90 Å². The number of hydrogen-bond donors (Lipinski definition) is 0. The number of fused-ring (bicyclic) bond motifs is 1. The lowest BCUT2D eigenvalue weighted by Crippen LogP contribution is -2.40. The number of piperidine rings is 1. The highest BCUT2D eigenvalue weighted by Gasteiger charge is 2.35. The van der Waals surface area contributed by atoms with Gasteiger partial charge in [0.2, 0.25) is 5.91 Å².